The maximum atomic E-state index is 13.5. The van der Waals surface area contributed by atoms with Crippen molar-refractivity contribution in [2.75, 3.05) is 38.5 Å². The number of nitrogens with one attached hydrogen (secondary N) is 1. The summed E-state index contributed by atoms with van der Waals surface area (Å²) in [5, 5.41) is 3.01. The van der Waals surface area contributed by atoms with Gasteiger partial charge in [-0.2, -0.15) is 0 Å². The molecule has 3 heterocycles. The summed E-state index contributed by atoms with van der Waals surface area (Å²) in [6, 6.07) is 11.0. The summed E-state index contributed by atoms with van der Waals surface area (Å²) < 4.78 is 45.2. The highest BCUT2D eigenvalue weighted by Crippen LogP contribution is 2.44. The maximum Gasteiger partial charge on any atom is 0.573 e. The van der Waals surface area contributed by atoms with E-state index in [1.54, 1.807) is 30.6 Å². The zero-order valence-corrected chi connectivity index (χ0v) is 23.1. The number of carbonyl (C=O) groups excluding carboxylic acids is 1. The zero-order chi connectivity index (χ0) is 29.6. The maximum absolute atomic E-state index is 13.5. The van der Waals surface area contributed by atoms with Gasteiger partial charge in [0.05, 0.1) is 22.3 Å². The molecule has 0 atom stereocenters. The molecule has 1 amide bonds. The lowest BCUT2D eigenvalue weighted by molar-refractivity contribution is -0.274. The number of carbonyl (C=O) groups is 1. The first-order valence-electron chi connectivity index (χ1n) is 13.6. The first-order chi connectivity index (χ1) is 20.0. The Bertz CT molecular complexity index is 1730. The summed E-state index contributed by atoms with van der Waals surface area (Å²) in [4.78, 5) is 39.9. The van der Waals surface area contributed by atoms with Gasteiger partial charge in [-0.3, -0.25) is 24.0 Å². The number of likely N-dealkylation sites (N-methyl/N-ethyl adjacent to an activating group) is 1. The Morgan fingerprint density at radius 1 is 1.00 bits per heavy atom. The standard InChI is InChI=1S/C30H29F3N6O3/c1-19-13-21(17-34-16-19)20-3-5-23-24(14-20)35-18-39(27(23)40)22-4-6-26(42-30(31,32)33)25(15-22)36-28(41)29(7-8-29)38-11-9-37(2)10-12-38/h3-6,13-18H,7-12H2,1-2H3,(H,36,41). The molecule has 9 nitrogen and oxygen atoms in total. The van der Waals surface area contributed by atoms with Crippen molar-refractivity contribution in [2.24, 2.45) is 0 Å². The Hall–Kier alpha value is -4.29. The number of rotatable bonds is 6. The van der Waals surface area contributed by atoms with Crippen LogP contribution in [0.5, 0.6) is 5.75 Å². The Labute approximate surface area is 239 Å². The van der Waals surface area contributed by atoms with Gasteiger partial charge in [-0.05, 0) is 74.3 Å². The van der Waals surface area contributed by atoms with E-state index < -0.39 is 29.1 Å². The minimum atomic E-state index is -4.97. The average Bonchev–Trinajstić information content (AvgIpc) is 3.76. The van der Waals surface area contributed by atoms with E-state index >= 15 is 0 Å². The third-order valence-corrected chi connectivity index (χ3v) is 7.94. The number of nitrogens with zero attached hydrogens (tertiary/aromatic N) is 5. The molecule has 2 fully saturated rings. The summed E-state index contributed by atoms with van der Waals surface area (Å²) in [7, 11) is 2.01. The first-order valence-corrected chi connectivity index (χ1v) is 13.6. The number of halogens is 3. The van der Waals surface area contributed by atoms with Gasteiger partial charge in [-0.25, -0.2) is 4.98 Å². The van der Waals surface area contributed by atoms with E-state index in [0.717, 1.165) is 35.8 Å². The molecule has 0 unspecified atom stereocenters. The van der Waals surface area contributed by atoms with E-state index in [1.165, 1.54) is 23.0 Å². The molecule has 1 aliphatic carbocycles. The number of pyridine rings is 1. The molecule has 2 aromatic heterocycles. The number of aromatic nitrogens is 3. The highest BCUT2D eigenvalue weighted by atomic mass is 19.4. The van der Waals surface area contributed by atoms with Crippen molar-refractivity contribution in [3.8, 4) is 22.6 Å². The van der Waals surface area contributed by atoms with E-state index in [-0.39, 0.29) is 11.4 Å². The van der Waals surface area contributed by atoms with E-state index in [1.807, 2.05) is 20.0 Å². The summed E-state index contributed by atoms with van der Waals surface area (Å²) in [6.45, 7) is 4.92. The lowest BCUT2D eigenvalue weighted by Crippen LogP contribution is -2.54. The largest absolute Gasteiger partial charge is 0.573 e. The zero-order valence-electron chi connectivity index (χ0n) is 23.1. The number of hydrogen-bond donors (Lipinski definition) is 1. The Morgan fingerprint density at radius 3 is 2.45 bits per heavy atom. The van der Waals surface area contributed by atoms with Crippen molar-refractivity contribution >= 4 is 22.5 Å². The van der Waals surface area contributed by atoms with E-state index in [0.29, 0.717) is 36.8 Å². The van der Waals surface area contributed by atoms with Crippen molar-refractivity contribution < 1.29 is 22.7 Å². The molecular weight excluding hydrogens is 549 g/mol. The topological polar surface area (TPSA) is 92.6 Å². The second-order valence-corrected chi connectivity index (χ2v) is 10.9. The number of aryl methyl sites for hydroxylation is 1. The first kappa shape index (κ1) is 27.9. The fourth-order valence-corrected chi connectivity index (χ4v) is 5.46. The molecule has 2 aromatic carbocycles. The number of hydrogen-bond acceptors (Lipinski definition) is 7. The lowest BCUT2D eigenvalue weighted by Gasteiger charge is -2.37. The molecule has 0 spiro atoms. The number of alkyl halides is 3. The number of ether oxygens (including phenoxy) is 1. The monoisotopic (exact) mass is 578 g/mol. The van der Waals surface area contributed by atoms with Crippen molar-refractivity contribution in [1.82, 2.24) is 24.3 Å². The van der Waals surface area contributed by atoms with E-state index in [9.17, 15) is 22.8 Å². The minimum Gasteiger partial charge on any atom is -0.404 e. The molecule has 6 rings (SSSR count). The van der Waals surface area contributed by atoms with Gasteiger partial charge in [0.25, 0.3) is 5.56 Å². The Balaban J connectivity index is 1.34. The molecule has 0 radical (unpaired) electrons. The summed E-state index contributed by atoms with van der Waals surface area (Å²) in [5.41, 5.74) is 2.06. The Morgan fingerprint density at radius 2 is 1.76 bits per heavy atom. The predicted molar refractivity (Wildman–Crippen MR) is 152 cm³/mol. The van der Waals surface area contributed by atoms with E-state index in [4.69, 9.17) is 0 Å². The highest BCUT2D eigenvalue weighted by molar-refractivity contribution is 6.01. The van der Waals surface area contributed by atoms with Crippen molar-refractivity contribution in [3.63, 3.8) is 0 Å². The summed E-state index contributed by atoms with van der Waals surface area (Å²) in [5.74, 6) is -0.953. The number of amides is 1. The number of anilines is 1. The van der Waals surface area contributed by atoms with Crippen molar-refractivity contribution in [3.05, 3.63) is 77.1 Å². The van der Waals surface area contributed by atoms with Crippen LogP contribution in [-0.2, 0) is 4.79 Å². The van der Waals surface area contributed by atoms with Gasteiger partial charge in [-0.15, -0.1) is 13.2 Å². The van der Waals surface area contributed by atoms with Crippen LogP contribution in [-0.4, -0.2) is 75.4 Å². The molecule has 2 aliphatic rings. The molecule has 1 saturated heterocycles. The van der Waals surface area contributed by atoms with Crippen molar-refractivity contribution in [1.29, 1.82) is 0 Å². The molecule has 42 heavy (non-hydrogen) atoms. The van der Waals surface area contributed by atoms with Crippen LogP contribution in [0.3, 0.4) is 0 Å². The van der Waals surface area contributed by atoms with Crippen LogP contribution >= 0.6 is 0 Å². The minimum absolute atomic E-state index is 0.176. The van der Waals surface area contributed by atoms with Gasteiger partial charge >= 0.3 is 6.36 Å². The third kappa shape index (κ3) is 5.47. The predicted octanol–water partition coefficient (Wildman–Crippen LogP) is 4.37. The van der Waals surface area contributed by atoms with Crippen LogP contribution in [0.15, 0.2) is 66.0 Å². The molecule has 12 heteroatoms. The lowest BCUT2D eigenvalue weighted by atomic mass is 10.0. The van der Waals surface area contributed by atoms with E-state index in [2.05, 4.69) is 29.8 Å². The van der Waals surface area contributed by atoms with Gasteiger partial charge in [0, 0.05) is 44.1 Å². The third-order valence-electron chi connectivity index (χ3n) is 7.94. The molecule has 218 valence electrons. The second kappa shape index (κ2) is 10.5. The number of benzene rings is 2. The van der Waals surface area contributed by atoms with Crippen LogP contribution < -0.4 is 15.6 Å². The quantitative estimate of drug-likeness (QED) is 0.363. The van der Waals surface area contributed by atoms with Gasteiger partial charge in [-0.1, -0.05) is 6.07 Å². The molecule has 4 aromatic rings. The highest BCUT2D eigenvalue weighted by Gasteiger charge is 2.55. The second-order valence-electron chi connectivity index (χ2n) is 10.9. The van der Waals surface area contributed by atoms with Gasteiger partial charge < -0.3 is 15.0 Å². The van der Waals surface area contributed by atoms with Crippen LogP contribution in [0.2, 0.25) is 0 Å². The number of fused-ring (bicyclic) bond motifs is 1. The Kier molecular flexibility index (Phi) is 6.98. The smallest absolute Gasteiger partial charge is 0.404 e. The molecular formula is C30H29F3N6O3. The number of piperazine rings is 1. The van der Waals surface area contributed by atoms with Crippen LogP contribution in [0.4, 0.5) is 18.9 Å². The van der Waals surface area contributed by atoms with Gasteiger partial charge in [0.2, 0.25) is 5.91 Å². The SMILES string of the molecule is Cc1cncc(-c2ccc3c(=O)n(-c4ccc(OC(F)(F)F)c(NC(=O)C5(N6CCN(C)CC6)CC5)c4)cnc3c2)c1. The summed E-state index contributed by atoms with van der Waals surface area (Å²) >= 11 is 0. The molecule has 1 N–H and O–H groups in total. The molecule has 0 bridgehead atoms. The van der Waals surface area contributed by atoms with Crippen LogP contribution in [0.1, 0.15) is 18.4 Å². The molecule has 1 saturated carbocycles. The fourth-order valence-electron chi connectivity index (χ4n) is 5.46. The van der Waals surface area contributed by atoms with Gasteiger partial charge in [0.1, 0.15) is 11.9 Å². The van der Waals surface area contributed by atoms with Crippen molar-refractivity contribution in [2.45, 2.75) is 31.7 Å². The fraction of sp³-hybridized carbons (Fsp3) is 0.333. The van der Waals surface area contributed by atoms with Crippen LogP contribution in [0, 0.1) is 6.92 Å². The van der Waals surface area contributed by atoms with Crippen LogP contribution in [0.25, 0.3) is 27.7 Å². The molecule has 1 aliphatic heterocycles. The van der Waals surface area contributed by atoms with Gasteiger partial charge in [0.15, 0.2) is 5.75 Å². The normalized spacial score (nSPS) is 17.3. The average molecular weight is 579 g/mol. The summed E-state index contributed by atoms with van der Waals surface area (Å²) in [6.07, 6.45) is 1.06.